The van der Waals surface area contributed by atoms with Crippen molar-refractivity contribution in [2.75, 3.05) is 0 Å². The molecule has 7 nitrogen and oxygen atoms in total. The third-order valence-corrected chi connectivity index (χ3v) is 4.69. The second-order valence-electron chi connectivity index (χ2n) is 8.11. The molecular weight excluding hydrogens is 378 g/mol. The summed E-state index contributed by atoms with van der Waals surface area (Å²) in [4.78, 5) is 32.2. The summed E-state index contributed by atoms with van der Waals surface area (Å²) in [6, 6.07) is 1.52. The topological polar surface area (TPSA) is 89.9 Å². The third-order valence-electron chi connectivity index (χ3n) is 4.60. The third kappa shape index (κ3) is 6.11. The molecule has 1 aromatic heterocycles. The molecule has 1 aromatic rings. The number of pyridine rings is 1. The molecule has 0 aliphatic heterocycles. The van der Waals surface area contributed by atoms with Gasteiger partial charge in [-0.1, -0.05) is 6.92 Å². The first-order chi connectivity index (χ1) is 13.1. The van der Waals surface area contributed by atoms with E-state index in [1.54, 1.807) is 33.2 Å². The summed E-state index contributed by atoms with van der Waals surface area (Å²) in [6.07, 6.45) is 3.74. The van der Waals surface area contributed by atoms with Gasteiger partial charge in [-0.25, -0.2) is 4.79 Å². The lowest BCUT2D eigenvalue weighted by atomic mass is 9.74. The molecule has 1 amide bonds. The highest BCUT2D eigenvalue weighted by molar-refractivity contribution is 7.78. The maximum absolute atomic E-state index is 12.4. The minimum absolute atomic E-state index is 0.0278. The van der Waals surface area contributed by atoms with Gasteiger partial charge in [-0.3, -0.25) is 9.78 Å². The molecule has 8 heteroatoms. The van der Waals surface area contributed by atoms with Crippen LogP contribution in [0.3, 0.4) is 0 Å². The number of aliphatic imine (C=N–C) groups is 1. The minimum Gasteiger partial charge on any atom is -0.460 e. The van der Waals surface area contributed by atoms with Gasteiger partial charge in [0.1, 0.15) is 11.7 Å². The van der Waals surface area contributed by atoms with Crippen molar-refractivity contribution in [1.82, 2.24) is 10.3 Å². The lowest BCUT2D eigenvalue weighted by Crippen LogP contribution is -2.52. The molecule has 0 bridgehead atoms. The minimum atomic E-state index is -0.618. The van der Waals surface area contributed by atoms with E-state index in [-0.39, 0.29) is 23.8 Å². The molecule has 0 saturated heterocycles. The number of ether oxygens (including phenoxy) is 2. The highest BCUT2D eigenvalue weighted by atomic mass is 32.1. The standard InChI is InChI=1S/C20H27N3O4S/c1-12-8-14(15-6-7-21-10-17(15)22-11-28)9-16(18(12)26-13(2)24)23-19(25)27-20(3,4)5/h6-7,10,12,14,16,18H,8-9H2,1-5H3,(H,23,25)/t12-,14+,16+,18+/m0/s1. The lowest BCUT2D eigenvalue weighted by Gasteiger charge is -2.40. The Labute approximate surface area is 170 Å². The van der Waals surface area contributed by atoms with Gasteiger partial charge >= 0.3 is 12.1 Å². The molecule has 1 aliphatic rings. The average molecular weight is 406 g/mol. The van der Waals surface area contributed by atoms with Crippen LogP contribution in [0.5, 0.6) is 0 Å². The van der Waals surface area contributed by atoms with E-state index in [1.165, 1.54) is 6.92 Å². The zero-order valence-corrected chi connectivity index (χ0v) is 17.7. The molecule has 152 valence electrons. The molecule has 1 saturated carbocycles. The number of nitrogens with one attached hydrogen (secondary N) is 1. The molecule has 0 unspecified atom stereocenters. The fourth-order valence-electron chi connectivity index (χ4n) is 3.64. The number of nitrogens with zero attached hydrogens (tertiary/aromatic N) is 2. The van der Waals surface area contributed by atoms with Gasteiger partial charge in [0.25, 0.3) is 0 Å². The number of esters is 1. The van der Waals surface area contributed by atoms with Crippen molar-refractivity contribution in [2.24, 2.45) is 10.9 Å². The van der Waals surface area contributed by atoms with Crippen molar-refractivity contribution >= 4 is 35.1 Å². The fourth-order valence-corrected chi connectivity index (χ4v) is 3.74. The quantitative estimate of drug-likeness (QED) is 0.460. The summed E-state index contributed by atoms with van der Waals surface area (Å²) in [5.74, 6) is -0.256. The molecule has 4 atom stereocenters. The molecule has 28 heavy (non-hydrogen) atoms. The Kier molecular flexibility index (Phi) is 7.27. The average Bonchev–Trinajstić information content (AvgIpc) is 2.56. The number of carbonyl (C=O) groups excluding carboxylic acids is 2. The predicted octanol–water partition coefficient (Wildman–Crippen LogP) is 4.15. The van der Waals surface area contributed by atoms with E-state index in [4.69, 9.17) is 21.7 Å². The van der Waals surface area contributed by atoms with Crippen molar-refractivity contribution < 1.29 is 19.1 Å². The Morgan fingerprint density at radius 1 is 1.36 bits per heavy atom. The van der Waals surface area contributed by atoms with E-state index >= 15 is 0 Å². The molecule has 1 aliphatic carbocycles. The predicted molar refractivity (Wildman–Crippen MR) is 109 cm³/mol. The number of hydrogen-bond acceptors (Lipinski definition) is 7. The SMILES string of the molecule is CC(=O)O[C@@H]1[C@@H](C)C[C@@H](c2ccncc2N=C=S)C[C@H]1NC(=O)OC(C)(C)C. The van der Waals surface area contributed by atoms with Crippen LogP contribution in [-0.2, 0) is 14.3 Å². The first-order valence-corrected chi connectivity index (χ1v) is 9.70. The zero-order valence-electron chi connectivity index (χ0n) is 16.9. The first kappa shape index (κ1) is 22.0. The van der Waals surface area contributed by atoms with Crippen molar-refractivity contribution in [1.29, 1.82) is 0 Å². The Bertz CT molecular complexity index is 771. The first-order valence-electron chi connectivity index (χ1n) is 9.29. The molecule has 0 spiro atoms. The highest BCUT2D eigenvalue weighted by Crippen LogP contribution is 2.41. The van der Waals surface area contributed by atoms with Crippen LogP contribution in [-0.4, -0.2) is 40.0 Å². The second-order valence-corrected chi connectivity index (χ2v) is 8.29. The summed E-state index contributed by atoms with van der Waals surface area (Å²) in [5, 5.41) is 5.28. The van der Waals surface area contributed by atoms with Crippen molar-refractivity contribution in [3.8, 4) is 0 Å². The number of thiocarbonyl (C=S) groups is 1. The van der Waals surface area contributed by atoms with Crippen molar-refractivity contribution in [2.45, 2.75) is 71.1 Å². The van der Waals surface area contributed by atoms with Gasteiger partial charge in [-0.15, -0.1) is 0 Å². The molecule has 0 radical (unpaired) electrons. The number of isothiocyanates is 1. The maximum atomic E-state index is 12.4. The van der Waals surface area contributed by atoms with Crippen LogP contribution in [0.25, 0.3) is 0 Å². The Morgan fingerprint density at radius 2 is 2.07 bits per heavy atom. The Morgan fingerprint density at radius 3 is 2.68 bits per heavy atom. The van der Waals surface area contributed by atoms with E-state index in [2.05, 4.69) is 20.5 Å². The van der Waals surface area contributed by atoms with E-state index in [0.29, 0.717) is 12.1 Å². The van der Waals surface area contributed by atoms with E-state index in [9.17, 15) is 9.59 Å². The van der Waals surface area contributed by atoms with Crippen LogP contribution >= 0.6 is 12.2 Å². The number of alkyl carbamates (subject to hydrolysis) is 1. The Balaban J connectivity index is 2.28. The van der Waals surface area contributed by atoms with E-state index in [1.807, 2.05) is 13.0 Å². The largest absolute Gasteiger partial charge is 0.460 e. The van der Waals surface area contributed by atoms with Gasteiger partial charge < -0.3 is 14.8 Å². The number of hydrogen-bond donors (Lipinski definition) is 1. The number of amides is 1. The van der Waals surface area contributed by atoms with E-state index < -0.39 is 17.8 Å². The fraction of sp³-hybridized carbons (Fsp3) is 0.600. The number of rotatable bonds is 4. The maximum Gasteiger partial charge on any atom is 0.408 e. The number of carbonyl (C=O) groups is 2. The molecule has 1 N–H and O–H groups in total. The van der Waals surface area contributed by atoms with E-state index in [0.717, 1.165) is 12.0 Å². The summed E-state index contributed by atoms with van der Waals surface area (Å²) >= 11 is 4.74. The van der Waals surface area contributed by atoms with Crippen LogP contribution in [0.2, 0.25) is 0 Å². The van der Waals surface area contributed by atoms with Gasteiger partial charge in [0.15, 0.2) is 0 Å². The normalized spacial score (nSPS) is 24.6. The zero-order chi connectivity index (χ0) is 20.9. The summed E-state index contributed by atoms with van der Waals surface area (Å²) in [5.41, 5.74) is 1.03. The van der Waals surface area contributed by atoms with Crippen LogP contribution in [0.1, 0.15) is 58.9 Å². The smallest absolute Gasteiger partial charge is 0.408 e. The van der Waals surface area contributed by atoms with Crippen molar-refractivity contribution in [3.63, 3.8) is 0 Å². The van der Waals surface area contributed by atoms with Crippen LogP contribution in [0.4, 0.5) is 10.5 Å². The molecule has 2 rings (SSSR count). The molecule has 1 fully saturated rings. The van der Waals surface area contributed by atoms with Gasteiger partial charge in [-0.2, -0.15) is 4.99 Å². The van der Waals surface area contributed by atoms with Crippen molar-refractivity contribution in [3.05, 3.63) is 24.0 Å². The van der Waals surface area contributed by atoms with Gasteiger partial charge in [0.05, 0.1) is 23.1 Å². The van der Waals surface area contributed by atoms with Crippen LogP contribution in [0, 0.1) is 5.92 Å². The monoisotopic (exact) mass is 405 g/mol. The molecule has 0 aromatic carbocycles. The number of aromatic nitrogens is 1. The van der Waals surface area contributed by atoms with Crippen LogP contribution < -0.4 is 5.32 Å². The summed E-state index contributed by atoms with van der Waals surface area (Å²) in [7, 11) is 0. The molecular formula is C20H27N3O4S. The highest BCUT2D eigenvalue weighted by Gasteiger charge is 2.40. The van der Waals surface area contributed by atoms with Gasteiger partial charge in [-0.05, 0) is 69.3 Å². The van der Waals surface area contributed by atoms with Gasteiger partial charge in [0.2, 0.25) is 0 Å². The van der Waals surface area contributed by atoms with Gasteiger partial charge in [0, 0.05) is 13.1 Å². The summed E-state index contributed by atoms with van der Waals surface area (Å²) in [6.45, 7) is 8.78. The van der Waals surface area contributed by atoms with Crippen LogP contribution in [0.15, 0.2) is 23.5 Å². The summed E-state index contributed by atoms with van der Waals surface area (Å²) < 4.78 is 10.9. The Hall–Kier alpha value is -2.31. The second kappa shape index (κ2) is 9.26. The lowest BCUT2D eigenvalue weighted by molar-refractivity contribution is -0.152. The molecule has 1 heterocycles.